The first kappa shape index (κ1) is 23.9. The molecule has 3 rings (SSSR count). The summed E-state index contributed by atoms with van der Waals surface area (Å²) >= 11 is 0. The van der Waals surface area contributed by atoms with Crippen LogP contribution in [0.3, 0.4) is 0 Å². The van der Waals surface area contributed by atoms with E-state index in [-0.39, 0.29) is 11.6 Å². The number of nitrogens with one attached hydrogen (secondary N) is 1. The van der Waals surface area contributed by atoms with E-state index in [1.54, 1.807) is 12.1 Å². The van der Waals surface area contributed by atoms with Crippen molar-refractivity contribution in [2.75, 3.05) is 19.6 Å². The molecule has 1 aliphatic rings. The maximum Gasteiger partial charge on any atom is 0.240 e. The normalized spacial score (nSPS) is 18.2. The molecule has 1 fully saturated rings. The average molecular weight is 444 g/mol. The molecule has 1 heterocycles. The zero-order valence-corrected chi connectivity index (χ0v) is 19.9. The lowest BCUT2D eigenvalue weighted by atomic mass is 9.77. The van der Waals surface area contributed by atoms with Gasteiger partial charge >= 0.3 is 0 Å². The van der Waals surface area contributed by atoms with E-state index in [1.807, 2.05) is 25.1 Å². The highest BCUT2D eigenvalue weighted by Gasteiger charge is 2.31. The van der Waals surface area contributed by atoms with E-state index in [9.17, 15) is 8.42 Å². The van der Waals surface area contributed by atoms with E-state index >= 15 is 0 Å². The average Bonchev–Trinajstić information content (AvgIpc) is 2.75. The quantitative estimate of drug-likeness (QED) is 0.614. The Hall–Kier alpha value is -1.73. The van der Waals surface area contributed by atoms with Gasteiger partial charge in [0.1, 0.15) is 0 Å². The van der Waals surface area contributed by atoms with Crippen molar-refractivity contribution >= 4 is 10.0 Å². The van der Waals surface area contributed by atoms with Gasteiger partial charge in [0.15, 0.2) is 0 Å². The van der Waals surface area contributed by atoms with Gasteiger partial charge in [0, 0.05) is 11.6 Å². The number of aryl methyl sites for hydroxylation is 1. The van der Waals surface area contributed by atoms with Crippen molar-refractivity contribution in [1.82, 2.24) is 9.62 Å². The number of benzene rings is 2. The second kappa shape index (κ2) is 10.3. The van der Waals surface area contributed by atoms with Gasteiger partial charge in [-0.15, -0.1) is 0 Å². The molecule has 3 N–H and O–H groups in total. The number of nitrogens with zero attached hydrogens (tertiary/aromatic N) is 1. The predicted molar refractivity (Wildman–Crippen MR) is 127 cm³/mol. The topological polar surface area (TPSA) is 75.4 Å². The van der Waals surface area contributed by atoms with E-state index in [4.69, 9.17) is 5.73 Å². The van der Waals surface area contributed by atoms with Crippen LogP contribution < -0.4 is 10.5 Å². The highest BCUT2D eigenvalue weighted by Crippen LogP contribution is 2.31. The summed E-state index contributed by atoms with van der Waals surface area (Å²) in [5, 5.41) is 0. The molecule has 31 heavy (non-hydrogen) atoms. The Kier molecular flexibility index (Phi) is 7.92. The van der Waals surface area contributed by atoms with Crippen LogP contribution in [0, 0.1) is 12.8 Å². The lowest BCUT2D eigenvalue weighted by Crippen LogP contribution is -2.46. The van der Waals surface area contributed by atoms with Crippen LogP contribution in [0.15, 0.2) is 59.5 Å². The molecule has 2 aromatic rings. The molecule has 1 saturated heterocycles. The number of piperidine rings is 1. The van der Waals surface area contributed by atoms with Crippen molar-refractivity contribution in [2.45, 2.75) is 62.9 Å². The first-order chi connectivity index (χ1) is 14.7. The molecule has 1 atom stereocenters. The Labute approximate surface area is 188 Å². The molecule has 0 radical (unpaired) electrons. The summed E-state index contributed by atoms with van der Waals surface area (Å²) in [4.78, 5) is 2.78. The van der Waals surface area contributed by atoms with Gasteiger partial charge in [-0.05, 0) is 75.9 Å². The van der Waals surface area contributed by atoms with Crippen molar-refractivity contribution in [3.05, 3.63) is 65.7 Å². The van der Waals surface area contributed by atoms with Crippen LogP contribution in [0.1, 0.15) is 50.7 Å². The highest BCUT2D eigenvalue weighted by atomic mass is 32.2. The van der Waals surface area contributed by atoms with Crippen LogP contribution in [-0.2, 0) is 15.6 Å². The molecule has 0 amide bonds. The van der Waals surface area contributed by atoms with Gasteiger partial charge in [-0.2, -0.15) is 0 Å². The molecule has 6 heteroatoms. The zero-order valence-electron chi connectivity index (χ0n) is 19.0. The summed E-state index contributed by atoms with van der Waals surface area (Å²) in [6, 6.07) is 17.4. The summed E-state index contributed by atoms with van der Waals surface area (Å²) in [6.07, 6.45) is 3.64. The molecule has 0 saturated carbocycles. The molecule has 1 aliphatic heterocycles. The smallest absolute Gasteiger partial charge is 0.240 e. The van der Waals surface area contributed by atoms with Crippen molar-refractivity contribution in [1.29, 1.82) is 0 Å². The van der Waals surface area contributed by atoms with Gasteiger partial charge in [0.25, 0.3) is 0 Å². The molecule has 0 aromatic heterocycles. The Morgan fingerprint density at radius 3 is 2.26 bits per heavy atom. The minimum atomic E-state index is -3.46. The molecular formula is C25H37N3O2S. The first-order valence-corrected chi connectivity index (χ1v) is 12.8. The van der Waals surface area contributed by atoms with Gasteiger partial charge in [-0.25, -0.2) is 13.1 Å². The van der Waals surface area contributed by atoms with E-state index in [0.29, 0.717) is 10.8 Å². The fraction of sp³-hybridized carbons (Fsp3) is 0.520. The lowest BCUT2D eigenvalue weighted by Gasteiger charge is -2.36. The van der Waals surface area contributed by atoms with E-state index in [2.05, 4.69) is 47.7 Å². The summed E-state index contributed by atoms with van der Waals surface area (Å²) in [5.74, 6) is 0.358. The van der Waals surface area contributed by atoms with Crippen molar-refractivity contribution in [2.24, 2.45) is 11.7 Å². The monoisotopic (exact) mass is 443 g/mol. The molecular weight excluding hydrogens is 406 g/mol. The summed E-state index contributed by atoms with van der Waals surface area (Å²) in [5.41, 5.74) is 8.78. The Bertz CT molecular complexity index is 921. The van der Waals surface area contributed by atoms with Gasteiger partial charge in [-0.3, -0.25) is 0 Å². The van der Waals surface area contributed by atoms with Crippen LogP contribution in [0.25, 0.3) is 0 Å². The van der Waals surface area contributed by atoms with Crippen LogP contribution in [-0.4, -0.2) is 39.0 Å². The van der Waals surface area contributed by atoms with Crippen molar-refractivity contribution in [3.8, 4) is 0 Å². The number of hydrogen-bond acceptors (Lipinski definition) is 4. The van der Waals surface area contributed by atoms with Crippen molar-refractivity contribution < 1.29 is 8.42 Å². The zero-order chi connectivity index (χ0) is 22.5. The summed E-state index contributed by atoms with van der Waals surface area (Å²) in [7, 11) is -3.46. The summed E-state index contributed by atoms with van der Waals surface area (Å²) in [6.45, 7) is 9.15. The van der Waals surface area contributed by atoms with E-state index < -0.39 is 10.0 Å². The molecule has 170 valence electrons. The molecule has 1 unspecified atom stereocenters. The van der Waals surface area contributed by atoms with Crippen LogP contribution in [0.2, 0.25) is 0 Å². The Morgan fingerprint density at radius 2 is 1.68 bits per heavy atom. The fourth-order valence-electron chi connectivity index (χ4n) is 4.39. The number of hydrogen-bond donors (Lipinski definition) is 2. The minimum absolute atomic E-state index is 0.00358. The Morgan fingerprint density at radius 1 is 1.06 bits per heavy atom. The maximum atomic E-state index is 12.6. The first-order valence-electron chi connectivity index (χ1n) is 11.4. The maximum absolute atomic E-state index is 12.6. The van der Waals surface area contributed by atoms with Crippen molar-refractivity contribution in [3.63, 3.8) is 0 Å². The molecule has 5 nitrogen and oxygen atoms in total. The second-order valence-electron chi connectivity index (χ2n) is 9.21. The number of nitrogens with two attached hydrogens (primary N) is 1. The molecule has 0 spiro atoms. The SMILES string of the molecule is Cc1ccc(S(=O)(=O)NC2CCN(CCCC(N)(c3ccccc3)C(C)C)CC2)cc1. The van der Waals surface area contributed by atoms with Gasteiger partial charge in [-0.1, -0.05) is 61.9 Å². The standard InChI is InChI=1S/C25H37N3O2S/c1-20(2)25(26,22-8-5-4-6-9-22)16-7-17-28-18-14-23(15-19-28)27-31(29,30)24-12-10-21(3)11-13-24/h4-6,8-13,20,23,27H,7,14-19,26H2,1-3H3. The third-order valence-electron chi connectivity index (χ3n) is 6.65. The summed E-state index contributed by atoms with van der Waals surface area (Å²) < 4.78 is 28.2. The van der Waals surface area contributed by atoms with Crippen LogP contribution >= 0.6 is 0 Å². The fourth-order valence-corrected chi connectivity index (χ4v) is 5.69. The lowest BCUT2D eigenvalue weighted by molar-refractivity contribution is 0.190. The molecule has 0 aliphatic carbocycles. The second-order valence-corrected chi connectivity index (χ2v) is 10.9. The highest BCUT2D eigenvalue weighted by molar-refractivity contribution is 7.89. The third-order valence-corrected chi connectivity index (χ3v) is 8.18. The molecule has 2 aromatic carbocycles. The van der Waals surface area contributed by atoms with Gasteiger partial charge < -0.3 is 10.6 Å². The molecule has 0 bridgehead atoms. The number of sulfonamides is 1. The van der Waals surface area contributed by atoms with E-state index in [0.717, 1.165) is 50.9 Å². The Balaban J connectivity index is 1.47. The predicted octanol–water partition coefficient (Wildman–Crippen LogP) is 4.03. The van der Waals surface area contributed by atoms with Gasteiger partial charge in [0.05, 0.1) is 4.90 Å². The van der Waals surface area contributed by atoms with E-state index in [1.165, 1.54) is 5.56 Å². The third kappa shape index (κ3) is 6.16. The number of rotatable bonds is 9. The minimum Gasteiger partial charge on any atom is -0.321 e. The largest absolute Gasteiger partial charge is 0.321 e. The van der Waals surface area contributed by atoms with Gasteiger partial charge in [0.2, 0.25) is 10.0 Å². The van der Waals surface area contributed by atoms with Crippen LogP contribution in [0.5, 0.6) is 0 Å². The number of likely N-dealkylation sites (tertiary alicyclic amines) is 1. The van der Waals surface area contributed by atoms with Crippen LogP contribution in [0.4, 0.5) is 0 Å².